The third-order valence-corrected chi connectivity index (χ3v) is 7.26. The van der Waals surface area contributed by atoms with Crippen molar-refractivity contribution in [3.63, 3.8) is 0 Å². The van der Waals surface area contributed by atoms with E-state index in [0.29, 0.717) is 19.6 Å². The molecule has 5 aromatic rings. The van der Waals surface area contributed by atoms with Gasteiger partial charge in [0.25, 0.3) is 0 Å². The molecule has 1 aliphatic rings. The van der Waals surface area contributed by atoms with E-state index in [9.17, 15) is 4.79 Å². The number of fused-ring (bicyclic) bond motifs is 2. The first-order valence-corrected chi connectivity index (χ1v) is 12.9. The predicted molar refractivity (Wildman–Crippen MR) is 151 cm³/mol. The van der Waals surface area contributed by atoms with Gasteiger partial charge in [0, 0.05) is 42.9 Å². The minimum Gasteiger partial charge on any atom is -0.350 e. The average molecular weight is 520 g/mol. The van der Waals surface area contributed by atoms with Crippen LogP contribution in [0, 0.1) is 6.92 Å². The van der Waals surface area contributed by atoms with Crippen molar-refractivity contribution in [2.45, 2.75) is 26.3 Å². The number of carbonyl (C=O) groups is 1. The van der Waals surface area contributed by atoms with E-state index in [1.54, 1.807) is 23.4 Å². The van der Waals surface area contributed by atoms with Gasteiger partial charge >= 0.3 is 0 Å². The Morgan fingerprint density at radius 3 is 2.82 bits per heavy atom. The second-order valence-electron chi connectivity index (χ2n) is 9.85. The van der Waals surface area contributed by atoms with E-state index in [4.69, 9.17) is 0 Å². The van der Waals surface area contributed by atoms with Crippen molar-refractivity contribution < 1.29 is 4.79 Å². The average Bonchev–Trinajstić information content (AvgIpc) is 3.42. The van der Waals surface area contributed by atoms with Crippen molar-refractivity contribution in [3.8, 4) is 0 Å². The zero-order valence-electron chi connectivity index (χ0n) is 21.9. The van der Waals surface area contributed by atoms with Gasteiger partial charge in [-0.25, -0.2) is 24.5 Å². The number of amides is 1. The summed E-state index contributed by atoms with van der Waals surface area (Å²) in [5.41, 5.74) is 6.17. The van der Waals surface area contributed by atoms with Crippen molar-refractivity contribution in [3.05, 3.63) is 90.8 Å². The zero-order chi connectivity index (χ0) is 26.9. The largest absolute Gasteiger partial charge is 0.350 e. The van der Waals surface area contributed by atoms with E-state index in [2.05, 4.69) is 86.0 Å². The molecule has 6 rings (SSSR count). The molecule has 1 amide bonds. The normalized spacial score (nSPS) is 15.6. The van der Waals surface area contributed by atoms with E-state index in [-0.39, 0.29) is 11.9 Å². The van der Waals surface area contributed by atoms with Crippen molar-refractivity contribution in [1.82, 2.24) is 34.4 Å². The van der Waals surface area contributed by atoms with E-state index in [1.165, 1.54) is 22.8 Å². The smallest absolute Gasteiger partial charge is 0.246 e. The number of hydrogen-bond acceptors (Lipinski definition) is 8. The molecule has 1 atom stereocenters. The van der Waals surface area contributed by atoms with Gasteiger partial charge in [0.2, 0.25) is 5.91 Å². The number of hydrogen-bond donors (Lipinski definition) is 1. The molecule has 1 aromatic carbocycles. The maximum atomic E-state index is 12.1. The molecule has 0 bridgehead atoms. The zero-order valence-corrected chi connectivity index (χ0v) is 21.9. The molecule has 1 saturated heterocycles. The molecular weight excluding hydrogens is 490 g/mol. The Kier molecular flexibility index (Phi) is 6.36. The van der Waals surface area contributed by atoms with Crippen molar-refractivity contribution >= 4 is 39.8 Å². The van der Waals surface area contributed by atoms with E-state index in [0.717, 1.165) is 40.3 Å². The number of piperazine rings is 1. The van der Waals surface area contributed by atoms with Gasteiger partial charge in [0.15, 0.2) is 5.65 Å². The minimum atomic E-state index is -0.0365. The Morgan fingerprint density at radius 2 is 2.00 bits per heavy atom. The quantitative estimate of drug-likeness (QED) is 0.337. The fourth-order valence-corrected chi connectivity index (χ4v) is 5.13. The van der Waals surface area contributed by atoms with Gasteiger partial charge in [0.1, 0.15) is 24.3 Å². The fraction of sp³-hybridized carbons (Fsp3) is 0.241. The highest BCUT2D eigenvalue weighted by Crippen LogP contribution is 2.28. The molecule has 0 radical (unpaired) electrons. The monoisotopic (exact) mass is 519 g/mol. The maximum absolute atomic E-state index is 12.1. The molecule has 1 aliphatic heterocycles. The number of pyridine rings is 2. The summed E-state index contributed by atoms with van der Waals surface area (Å²) in [6, 6.07) is 12.6. The molecule has 0 spiro atoms. The van der Waals surface area contributed by atoms with Crippen molar-refractivity contribution in [1.29, 1.82) is 0 Å². The third kappa shape index (κ3) is 4.88. The van der Waals surface area contributed by atoms with Gasteiger partial charge in [-0.15, -0.1) is 0 Å². The molecule has 39 heavy (non-hydrogen) atoms. The van der Waals surface area contributed by atoms with Crippen LogP contribution in [0.4, 0.5) is 17.3 Å². The van der Waals surface area contributed by atoms with E-state index in [1.807, 2.05) is 17.2 Å². The Balaban J connectivity index is 1.22. The standard InChI is InChI=1S/C29H29N9O/c1-4-28(39)36-9-10-37(20(3)16-36)26-14-24-25(15-30-26)31-17-33-29(24)35-23-6-5-22(19(2)11-23)12-21-7-8-38-27(13-21)32-18-34-38/h4-8,11,13-15,17-18,20H,1,9-10,12,16H2,2-3H3,(H,31,33,35)/t20-/m0/s1. The lowest BCUT2D eigenvalue weighted by atomic mass is 10.0. The fourth-order valence-electron chi connectivity index (χ4n) is 5.13. The number of aromatic nitrogens is 6. The van der Waals surface area contributed by atoms with Gasteiger partial charge in [-0.1, -0.05) is 12.6 Å². The number of anilines is 3. The molecule has 0 unspecified atom stereocenters. The van der Waals surface area contributed by atoms with Gasteiger partial charge in [-0.05, 0) is 73.4 Å². The molecule has 4 aromatic heterocycles. The SMILES string of the molecule is C=CC(=O)N1CCN(c2cc3c(Nc4ccc(Cc5ccn6ncnc6c5)c(C)c4)ncnc3cn2)[C@@H](C)C1. The van der Waals surface area contributed by atoms with Crippen LogP contribution in [0.15, 0.2) is 74.1 Å². The van der Waals surface area contributed by atoms with Crippen LogP contribution in [-0.4, -0.2) is 66.0 Å². The van der Waals surface area contributed by atoms with Crippen LogP contribution in [0.5, 0.6) is 0 Å². The molecule has 1 fully saturated rings. The molecule has 1 N–H and O–H groups in total. The molecule has 10 heteroatoms. The van der Waals surface area contributed by atoms with Gasteiger partial charge in [0.05, 0.1) is 11.7 Å². The number of carbonyl (C=O) groups excluding carboxylic acids is 1. The van der Waals surface area contributed by atoms with Crippen molar-refractivity contribution in [2.75, 3.05) is 29.9 Å². The second-order valence-corrected chi connectivity index (χ2v) is 9.85. The third-order valence-electron chi connectivity index (χ3n) is 7.26. The Bertz CT molecular complexity index is 1700. The van der Waals surface area contributed by atoms with Crippen LogP contribution in [-0.2, 0) is 11.2 Å². The number of nitrogens with one attached hydrogen (secondary N) is 1. The lowest BCUT2D eigenvalue weighted by molar-refractivity contribution is -0.126. The maximum Gasteiger partial charge on any atom is 0.246 e. The van der Waals surface area contributed by atoms with E-state index >= 15 is 0 Å². The molecule has 10 nitrogen and oxygen atoms in total. The molecule has 196 valence electrons. The first kappa shape index (κ1) is 24.5. The van der Waals surface area contributed by atoms with Gasteiger partial charge in [-0.2, -0.15) is 5.10 Å². The minimum absolute atomic E-state index is 0.0365. The van der Waals surface area contributed by atoms with Gasteiger partial charge in [-0.3, -0.25) is 4.79 Å². The Morgan fingerprint density at radius 1 is 1.10 bits per heavy atom. The second kappa shape index (κ2) is 10.1. The summed E-state index contributed by atoms with van der Waals surface area (Å²) in [6.45, 7) is 9.78. The van der Waals surface area contributed by atoms with Crippen LogP contribution in [0.2, 0.25) is 0 Å². The highest BCUT2D eigenvalue weighted by molar-refractivity contribution is 5.92. The number of nitrogens with zero attached hydrogens (tertiary/aromatic N) is 8. The van der Waals surface area contributed by atoms with Crippen LogP contribution in [0.1, 0.15) is 23.6 Å². The van der Waals surface area contributed by atoms with Gasteiger partial charge < -0.3 is 15.1 Å². The van der Waals surface area contributed by atoms with Crippen LogP contribution < -0.4 is 10.2 Å². The molecule has 0 aliphatic carbocycles. The summed E-state index contributed by atoms with van der Waals surface area (Å²) in [4.78, 5) is 34.0. The lowest BCUT2D eigenvalue weighted by Crippen LogP contribution is -2.53. The first-order valence-electron chi connectivity index (χ1n) is 12.9. The Hall–Kier alpha value is -4.86. The Labute approximate surface area is 226 Å². The molecular formula is C29H29N9O. The van der Waals surface area contributed by atoms with Crippen molar-refractivity contribution in [2.24, 2.45) is 0 Å². The molecule has 0 saturated carbocycles. The predicted octanol–water partition coefficient (Wildman–Crippen LogP) is 3.93. The first-order chi connectivity index (χ1) is 19.0. The summed E-state index contributed by atoms with van der Waals surface area (Å²) in [5.74, 6) is 1.53. The summed E-state index contributed by atoms with van der Waals surface area (Å²) >= 11 is 0. The summed E-state index contributed by atoms with van der Waals surface area (Å²) < 4.78 is 1.76. The lowest BCUT2D eigenvalue weighted by Gasteiger charge is -2.40. The molecule has 5 heterocycles. The highest BCUT2D eigenvalue weighted by Gasteiger charge is 2.27. The summed E-state index contributed by atoms with van der Waals surface area (Å²) in [5, 5.41) is 8.55. The number of aryl methyl sites for hydroxylation is 1. The van der Waals surface area contributed by atoms with E-state index < -0.39 is 0 Å². The topological polar surface area (TPSA) is 104 Å². The van der Waals surface area contributed by atoms with Crippen LogP contribution in [0.25, 0.3) is 16.6 Å². The number of benzene rings is 1. The number of rotatable bonds is 6. The van der Waals surface area contributed by atoms with Crippen LogP contribution >= 0.6 is 0 Å². The summed E-state index contributed by atoms with van der Waals surface area (Å²) in [7, 11) is 0. The van der Waals surface area contributed by atoms with Crippen LogP contribution in [0.3, 0.4) is 0 Å². The summed E-state index contributed by atoms with van der Waals surface area (Å²) in [6.07, 6.45) is 9.02. The highest BCUT2D eigenvalue weighted by atomic mass is 16.2.